The Morgan fingerprint density at radius 1 is 1.21 bits per heavy atom. The summed E-state index contributed by atoms with van der Waals surface area (Å²) in [6, 6.07) is 0. The molecule has 192 valence electrons. The van der Waals surface area contributed by atoms with E-state index >= 15 is 0 Å². The van der Waals surface area contributed by atoms with Crippen LogP contribution in [0.4, 0.5) is 0 Å². The molecule has 34 heavy (non-hydrogen) atoms. The van der Waals surface area contributed by atoms with Crippen molar-refractivity contribution in [3.8, 4) is 0 Å². The van der Waals surface area contributed by atoms with E-state index < -0.39 is 17.5 Å². The zero-order valence-corrected chi connectivity index (χ0v) is 21.0. The molecule has 0 aromatic carbocycles. The van der Waals surface area contributed by atoms with Crippen molar-refractivity contribution in [1.82, 2.24) is 15.2 Å². The van der Waals surface area contributed by atoms with Gasteiger partial charge in [0.15, 0.2) is 0 Å². The Morgan fingerprint density at radius 3 is 2.47 bits per heavy atom. The molecule has 1 aliphatic rings. The second-order valence-electron chi connectivity index (χ2n) is 9.47. The Bertz CT molecular complexity index is 838. The Kier molecular flexibility index (Phi) is 10.5. The van der Waals surface area contributed by atoms with Crippen LogP contribution in [-0.2, 0) is 25.4 Å². The van der Waals surface area contributed by atoms with Crippen molar-refractivity contribution in [1.29, 1.82) is 0 Å². The fourth-order valence-electron chi connectivity index (χ4n) is 3.87. The molecule has 1 amide bonds. The number of nitrogens with one attached hydrogen (secondary N) is 2. The molecule has 1 aromatic heterocycles. The van der Waals surface area contributed by atoms with Gasteiger partial charge in [-0.15, -0.1) is 0 Å². The summed E-state index contributed by atoms with van der Waals surface area (Å²) in [6.45, 7) is 12.9. The number of ether oxygens (including phenoxy) is 3. The number of carbonyl (C=O) groups is 3. The van der Waals surface area contributed by atoms with Crippen LogP contribution in [0.1, 0.15) is 66.2 Å². The Labute approximate surface area is 201 Å². The molecule has 1 aliphatic heterocycles. The fraction of sp³-hybridized carbons (Fsp3) is 0.708. The minimum atomic E-state index is -0.710. The van der Waals surface area contributed by atoms with Crippen molar-refractivity contribution in [2.75, 3.05) is 52.6 Å². The van der Waals surface area contributed by atoms with E-state index in [1.165, 1.54) is 0 Å². The zero-order valence-electron chi connectivity index (χ0n) is 21.0. The molecule has 1 fully saturated rings. The van der Waals surface area contributed by atoms with Crippen molar-refractivity contribution in [3.63, 3.8) is 0 Å². The normalized spacial score (nSPS) is 15.6. The first-order chi connectivity index (χ1) is 16.1. The van der Waals surface area contributed by atoms with E-state index in [1.807, 2.05) is 0 Å². The van der Waals surface area contributed by atoms with Crippen LogP contribution in [0, 0.1) is 12.8 Å². The number of rotatable bonds is 11. The summed E-state index contributed by atoms with van der Waals surface area (Å²) in [6.07, 6.45) is 0.442. The van der Waals surface area contributed by atoms with Gasteiger partial charge in [-0.1, -0.05) is 0 Å². The van der Waals surface area contributed by atoms with E-state index in [0.29, 0.717) is 37.4 Å². The van der Waals surface area contributed by atoms with Gasteiger partial charge in [-0.2, -0.15) is 0 Å². The van der Waals surface area contributed by atoms with Crippen LogP contribution in [0.2, 0.25) is 0 Å². The SMILES string of the molecule is CCOC(=O)c1c(CC(=O)NCC(CCO)CN2CCOCC2)[nH]c(C(=O)OC(C)(C)C)c1C. The number of aromatic amines is 1. The van der Waals surface area contributed by atoms with E-state index in [0.717, 1.165) is 19.6 Å². The van der Waals surface area contributed by atoms with Gasteiger partial charge in [0, 0.05) is 38.5 Å². The number of morpholine rings is 1. The van der Waals surface area contributed by atoms with Gasteiger partial charge in [-0.05, 0) is 52.5 Å². The second-order valence-corrected chi connectivity index (χ2v) is 9.47. The number of aromatic nitrogens is 1. The average Bonchev–Trinajstić information content (AvgIpc) is 3.08. The number of esters is 2. The molecule has 1 aromatic rings. The number of aliphatic hydroxyl groups is 1. The number of aliphatic hydroxyl groups excluding tert-OH is 1. The van der Waals surface area contributed by atoms with Gasteiger partial charge in [-0.3, -0.25) is 9.69 Å². The number of hydrogen-bond acceptors (Lipinski definition) is 8. The second kappa shape index (κ2) is 12.9. The highest BCUT2D eigenvalue weighted by Gasteiger charge is 2.29. The summed E-state index contributed by atoms with van der Waals surface area (Å²) < 4.78 is 16.0. The maximum absolute atomic E-state index is 12.8. The molecule has 2 rings (SSSR count). The molecule has 1 atom stereocenters. The maximum atomic E-state index is 12.8. The largest absolute Gasteiger partial charge is 0.462 e. The Hall–Kier alpha value is -2.43. The molecule has 1 saturated heterocycles. The van der Waals surface area contributed by atoms with Crippen molar-refractivity contribution < 1.29 is 33.7 Å². The van der Waals surface area contributed by atoms with E-state index in [-0.39, 0.29) is 42.7 Å². The average molecular weight is 482 g/mol. The number of carbonyl (C=O) groups excluding carboxylic acids is 3. The van der Waals surface area contributed by atoms with Crippen LogP contribution in [-0.4, -0.2) is 91.0 Å². The summed E-state index contributed by atoms with van der Waals surface area (Å²) in [5.74, 6) is -1.42. The molecule has 3 N–H and O–H groups in total. The number of amides is 1. The first-order valence-corrected chi connectivity index (χ1v) is 11.8. The number of hydrogen-bond donors (Lipinski definition) is 3. The highest BCUT2D eigenvalue weighted by molar-refractivity contribution is 5.99. The summed E-state index contributed by atoms with van der Waals surface area (Å²) in [5.41, 5.74) is 0.296. The number of H-pyrrole nitrogens is 1. The van der Waals surface area contributed by atoms with Gasteiger partial charge in [0.2, 0.25) is 5.91 Å². The molecule has 1 unspecified atom stereocenters. The van der Waals surface area contributed by atoms with E-state index in [1.54, 1.807) is 34.6 Å². The first-order valence-electron chi connectivity index (χ1n) is 11.8. The minimum absolute atomic E-state index is 0.0347. The third-order valence-corrected chi connectivity index (χ3v) is 5.49. The molecule has 2 heterocycles. The lowest BCUT2D eigenvalue weighted by Gasteiger charge is -2.30. The molecule has 10 nitrogen and oxygen atoms in total. The topological polar surface area (TPSA) is 130 Å². The summed E-state index contributed by atoms with van der Waals surface area (Å²) in [4.78, 5) is 43.2. The molecule has 0 bridgehead atoms. The Morgan fingerprint density at radius 2 is 1.88 bits per heavy atom. The quantitative estimate of drug-likeness (QED) is 0.405. The Balaban J connectivity index is 2.11. The van der Waals surface area contributed by atoms with Gasteiger partial charge in [0.1, 0.15) is 11.3 Å². The first kappa shape index (κ1) is 27.8. The summed E-state index contributed by atoms with van der Waals surface area (Å²) in [5, 5.41) is 12.3. The lowest BCUT2D eigenvalue weighted by Crippen LogP contribution is -2.42. The van der Waals surface area contributed by atoms with E-state index in [2.05, 4.69) is 15.2 Å². The number of nitrogens with zero attached hydrogens (tertiary/aromatic N) is 1. The summed E-state index contributed by atoms with van der Waals surface area (Å²) >= 11 is 0. The molecule has 0 aliphatic carbocycles. The third-order valence-electron chi connectivity index (χ3n) is 5.49. The van der Waals surface area contributed by atoms with Crippen LogP contribution in [0.3, 0.4) is 0 Å². The van der Waals surface area contributed by atoms with Crippen LogP contribution in [0.15, 0.2) is 0 Å². The standard InChI is InChI=1S/C24H39N3O7/c1-6-33-22(30)20-16(2)21(23(31)34-24(3,4)5)26-18(20)13-19(29)25-14-17(7-10-28)15-27-8-11-32-12-9-27/h17,26,28H,6-15H2,1-5H3,(H,25,29). The van der Waals surface area contributed by atoms with Crippen LogP contribution < -0.4 is 5.32 Å². The smallest absolute Gasteiger partial charge is 0.355 e. The van der Waals surface area contributed by atoms with Crippen molar-refractivity contribution in [2.45, 2.75) is 53.1 Å². The molecular weight excluding hydrogens is 442 g/mol. The van der Waals surface area contributed by atoms with Gasteiger partial charge in [0.25, 0.3) is 0 Å². The highest BCUT2D eigenvalue weighted by Crippen LogP contribution is 2.23. The highest BCUT2D eigenvalue weighted by atomic mass is 16.6. The summed E-state index contributed by atoms with van der Waals surface area (Å²) in [7, 11) is 0. The van der Waals surface area contributed by atoms with E-state index in [4.69, 9.17) is 14.2 Å². The predicted octanol–water partition coefficient (Wildman–Crippen LogP) is 1.44. The monoisotopic (exact) mass is 481 g/mol. The zero-order chi connectivity index (χ0) is 25.3. The van der Waals surface area contributed by atoms with Gasteiger partial charge >= 0.3 is 11.9 Å². The van der Waals surface area contributed by atoms with Crippen molar-refractivity contribution in [2.24, 2.45) is 5.92 Å². The molecule has 10 heteroatoms. The van der Waals surface area contributed by atoms with Crippen molar-refractivity contribution in [3.05, 3.63) is 22.5 Å². The lowest BCUT2D eigenvalue weighted by molar-refractivity contribution is -0.120. The van der Waals surface area contributed by atoms with Crippen LogP contribution in [0.25, 0.3) is 0 Å². The van der Waals surface area contributed by atoms with Gasteiger partial charge in [-0.25, -0.2) is 9.59 Å². The third kappa shape index (κ3) is 8.41. The molecule has 0 spiro atoms. The maximum Gasteiger partial charge on any atom is 0.355 e. The van der Waals surface area contributed by atoms with Crippen molar-refractivity contribution >= 4 is 17.8 Å². The van der Waals surface area contributed by atoms with Crippen LogP contribution >= 0.6 is 0 Å². The lowest BCUT2D eigenvalue weighted by atomic mass is 10.0. The predicted molar refractivity (Wildman–Crippen MR) is 126 cm³/mol. The fourth-order valence-corrected chi connectivity index (χ4v) is 3.87. The van der Waals surface area contributed by atoms with Gasteiger partial charge < -0.3 is 29.6 Å². The van der Waals surface area contributed by atoms with E-state index in [9.17, 15) is 19.5 Å². The van der Waals surface area contributed by atoms with Gasteiger partial charge in [0.05, 0.1) is 31.8 Å². The van der Waals surface area contributed by atoms with Crippen LogP contribution in [0.5, 0.6) is 0 Å². The molecular formula is C24H39N3O7. The minimum Gasteiger partial charge on any atom is -0.462 e. The molecule has 0 radical (unpaired) electrons. The molecule has 0 saturated carbocycles.